The van der Waals surface area contributed by atoms with Crippen molar-refractivity contribution >= 4 is 17.5 Å². The predicted octanol–water partition coefficient (Wildman–Crippen LogP) is 1.20. The molecular weight excluding hydrogens is 252 g/mol. The molecule has 1 fully saturated rings. The predicted molar refractivity (Wildman–Crippen MR) is 69.6 cm³/mol. The number of halogens is 1. The third kappa shape index (κ3) is 3.40. The third-order valence-corrected chi connectivity index (χ3v) is 3.39. The first-order valence-corrected chi connectivity index (χ1v) is 6.50. The van der Waals surface area contributed by atoms with Crippen molar-refractivity contribution in [1.29, 1.82) is 0 Å². The number of hydrogen-bond acceptors (Lipinski definition) is 4. The summed E-state index contributed by atoms with van der Waals surface area (Å²) >= 11 is 5.65. The first-order chi connectivity index (χ1) is 8.66. The number of nitrogens with one attached hydrogen (secondary N) is 1. The highest BCUT2D eigenvalue weighted by Crippen LogP contribution is 2.14. The summed E-state index contributed by atoms with van der Waals surface area (Å²) in [5, 5.41) is 11.1. The zero-order valence-corrected chi connectivity index (χ0v) is 11.2. The monoisotopic (exact) mass is 268 g/mol. The molecule has 6 heteroatoms. The van der Waals surface area contributed by atoms with E-state index in [1.54, 1.807) is 24.1 Å². The molecule has 1 saturated heterocycles. The molecule has 98 valence electrons. The van der Waals surface area contributed by atoms with E-state index >= 15 is 0 Å². The van der Waals surface area contributed by atoms with Crippen LogP contribution in [0.2, 0.25) is 5.15 Å². The van der Waals surface area contributed by atoms with Gasteiger partial charge in [-0.25, -0.2) is 0 Å². The van der Waals surface area contributed by atoms with Gasteiger partial charge in [0.1, 0.15) is 0 Å². The maximum Gasteiger partial charge on any atom is 0.274 e. The molecule has 2 rings (SSSR count). The van der Waals surface area contributed by atoms with Crippen LogP contribution in [0.1, 0.15) is 23.3 Å². The van der Waals surface area contributed by atoms with Crippen LogP contribution in [0.4, 0.5) is 0 Å². The van der Waals surface area contributed by atoms with Gasteiger partial charge in [0.15, 0.2) is 10.8 Å². The molecular formula is C12H17ClN4O. The van der Waals surface area contributed by atoms with Crippen LogP contribution in [0.5, 0.6) is 0 Å². The highest BCUT2D eigenvalue weighted by molar-refractivity contribution is 6.29. The molecule has 0 unspecified atom stereocenters. The number of carbonyl (C=O) groups is 1. The molecule has 0 aliphatic carbocycles. The molecule has 0 radical (unpaired) electrons. The second-order valence-corrected chi connectivity index (χ2v) is 5.01. The fraction of sp³-hybridized carbons (Fsp3) is 0.583. The van der Waals surface area contributed by atoms with Crippen LogP contribution >= 0.6 is 11.6 Å². The topological polar surface area (TPSA) is 58.1 Å². The van der Waals surface area contributed by atoms with Crippen molar-refractivity contribution in [2.75, 3.05) is 26.7 Å². The van der Waals surface area contributed by atoms with E-state index in [1.165, 1.54) is 0 Å². The summed E-state index contributed by atoms with van der Waals surface area (Å²) in [5.74, 6) is 0.471. The highest BCUT2D eigenvalue weighted by atomic mass is 35.5. The fourth-order valence-corrected chi connectivity index (χ4v) is 2.26. The molecule has 0 aromatic carbocycles. The average molecular weight is 269 g/mol. The van der Waals surface area contributed by atoms with Crippen LogP contribution in [0.25, 0.3) is 0 Å². The second-order valence-electron chi connectivity index (χ2n) is 4.62. The van der Waals surface area contributed by atoms with Crippen molar-refractivity contribution < 1.29 is 4.79 Å². The highest BCUT2D eigenvalue weighted by Gasteiger charge is 2.19. The molecule has 1 aliphatic rings. The minimum Gasteiger partial charge on any atom is -0.340 e. The molecule has 18 heavy (non-hydrogen) atoms. The quantitative estimate of drug-likeness (QED) is 0.895. The zero-order chi connectivity index (χ0) is 13.0. The Balaban J connectivity index is 1.93. The smallest absolute Gasteiger partial charge is 0.274 e. The molecule has 1 N–H and O–H groups in total. The lowest BCUT2D eigenvalue weighted by molar-refractivity contribution is 0.0756. The van der Waals surface area contributed by atoms with Gasteiger partial charge < -0.3 is 10.2 Å². The molecule has 0 spiro atoms. The van der Waals surface area contributed by atoms with E-state index < -0.39 is 0 Å². The Labute approximate surface area is 112 Å². The summed E-state index contributed by atoms with van der Waals surface area (Å²) < 4.78 is 0. The largest absolute Gasteiger partial charge is 0.340 e. The van der Waals surface area contributed by atoms with Crippen LogP contribution in [0, 0.1) is 5.92 Å². The van der Waals surface area contributed by atoms with E-state index in [0.29, 0.717) is 16.8 Å². The minimum absolute atomic E-state index is 0.0994. The molecule has 1 amide bonds. The van der Waals surface area contributed by atoms with Gasteiger partial charge in [-0.1, -0.05) is 11.6 Å². The van der Waals surface area contributed by atoms with E-state index in [0.717, 1.165) is 32.5 Å². The number of aromatic nitrogens is 2. The first-order valence-electron chi connectivity index (χ1n) is 6.12. The van der Waals surface area contributed by atoms with Gasteiger partial charge in [-0.3, -0.25) is 4.79 Å². The molecule has 2 heterocycles. The Morgan fingerprint density at radius 3 is 2.78 bits per heavy atom. The van der Waals surface area contributed by atoms with Crippen molar-refractivity contribution in [2.45, 2.75) is 12.8 Å². The summed E-state index contributed by atoms with van der Waals surface area (Å²) in [6.07, 6.45) is 2.23. The van der Waals surface area contributed by atoms with Crippen molar-refractivity contribution in [2.24, 2.45) is 5.92 Å². The third-order valence-electron chi connectivity index (χ3n) is 3.19. The summed E-state index contributed by atoms with van der Waals surface area (Å²) in [6, 6.07) is 3.19. The van der Waals surface area contributed by atoms with E-state index in [2.05, 4.69) is 15.5 Å². The summed E-state index contributed by atoms with van der Waals surface area (Å²) in [4.78, 5) is 13.8. The van der Waals surface area contributed by atoms with E-state index in [1.807, 2.05) is 0 Å². The molecule has 1 aliphatic heterocycles. The lowest BCUT2D eigenvalue weighted by Gasteiger charge is -2.27. The number of amides is 1. The number of hydrogen-bond donors (Lipinski definition) is 1. The van der Waals surface area contributed by atoms with E-state index in [-0.39, 0.29) is 5.91 Å². The van der Waals surface area contributed by atoms with Gasteiger partial charge in [0.05, 0.1) is 0 Å². The Kier molecular flexibility index (Phi) is 4.49. The summed E-state index contributed by atoms with van der Waals surface area (Å²) in [5.41, 5.74) is 0.343. The van der Waals surface area contributed by atoms with Crippen LogP contribution < -0.4 is 5.32 Å². The Bertz CT molecular complexity index is 403. The number of rotatable bonds is 3. The van der Waals surface area contributed by atoms with Crippen molar-refractivity contribution in [3.63, 3.8) is 0 Å². The van der Waals surface area contributed by atoms with Gasteiger partial charge in [-0.2, -0.15) is 0 Å². The first kappa shape index (κ1) is 13.2. The second kappa shape index (κ2) is 6.11. The summed E-state index contributed by atoms with van der Waals surface area (Å²) in [6.45, 7) is 2.84. The van der Waals surface area contributed by atoms with Gasteiger partial charge in [0.25, 0.3) is 5.91 Å². The van der Waals surface area contributed by atoms with Gasteiger partial charge in [0, 0.05) is 13.6 Å². The number of carbonyl (C=O) groups excluding carboxylic acids is 1. The van der Waals surface area contributed by atoms with Gasteiger partial charge in [-0.15, -0.1) is 10.2 Å². The van der Waals surface area contributed by atoms with Crippen molar-refractivity contribution in [1.82, 2.24) is 20.4 Å². The molecule has 0 atom stereocenters. The van der Waals surface area contributed by atoms with Crippen LogP contribution in [-0.4, -0.2) is 47.7 Å². The lowest BCUT2D eigenvalue weighted by Crippen LogP contribution is -2.37. The molecule has 1 aromatic heterocycles. The molecule has 1 aromatic rings. The molecule has 5 nitrogen and oxygen atoms in total. The normalized spacial score (nSPS) is 16.6. The maximum atomic E-state index is 12.1. The number of nitrogens with zero attached hydrogens (tertiary/aromatic N) is 3. The Morgan fingerprint density at radius 2 is 2.17 bits per heavy atom. The van der Waals surface area contributed by atoms with Gasteiger partial charge in [-0.05, 0) is 44.0 Å². The van der Waals surface area contributed by atoms with Crippen molar-refractivity contribution in [3.05, 3.63) is 23.0 Å². The molecule has 0 saturated carbocycles. The SMILES string of the molecule is CN(CC1CCNCC1)C(=O)c1ccc(Cl)nn1. The summed E-state index contributed by atoms with van der Waals surface area (Å²) in [7, 11) is 1.81. The lowest BCUT2D eigenvalue weighted by atomic mass is 9.97. The maximum absolute atomic E-state index is 12.1. The standard InChI is InChI=1S/C12H17ClN4O/c1-17(8-9-4-6-14-7-5-9)12(18)10-2-3-11(13)16-15-10/h2-3,9,14H,4-8H2,1H3. The van der Waals surface area contributed by atoms with Crippen LogP contribution in [0.3, 0.4) is 0 Å². The Morgan fingerprint density at radius 1 is 1.44 bits per heavy atom. The zero-order valence-electron chi connectivity index (χ0n) is 10.4. The van der Waals surface area contributed by atoms with Crippen LogP contribution in [-0.2, 0) is 0 Å². The number of piperidine rings is 1. The Hall–Kier alpha value is -1.20. The van der Waals surface area contributed by atoms with Crippen molar-refractivity contribution in [3.8, 4) is 0 Å². The average Bonchev–Trinajstić information content (AvgIpc) is 2.40. The fourth-order valence-electron chi connectivity index (χ4n) is 2.16. The van der Waals surface area contributed by atoms with E-state index in [9.17, 15) is 4.79 Å². The van der Waals surface area contributed by atoms with Gasteiger partial charge in [0.2, 0.25) is 0 Å². The van der Waals surface area contributed by atoms with E-state index in [4.69, 9.17) is 11.6 Å². The van der Waals surface area contributed by atoms with Crippen LogP contribution in [0.15, 0.2) is 12.1 Å². The minimum atomic E-state index is -0.0994. The van der Waals surface area contributed by atoms with Gasteiger partial charge >= 0.3 is 0 Å². The molecule has 0 bridgehead atoms.